The van der Waals surface area contributed by atoms with Gasteiger partial charge in [-0.3, -0.25) is 5.10 Å². The summed E-state index contributed by atoms with van der Waals surface area (Å²) in [6.45, 7) is 7.35. The minimum atomic E-state index is 0.0889. The molecule has 2 rings (SSSR count). The van der Waals surface area contributed by atoms with Gasteiger partial charge >= 0.3 is 0 Å². The van der Waals surface area contributed by atoms with Gasteiger partial charge < -0.3 is 5.32 Å². The van der Waals surface area contributed by atoms with Gasteiger partial charge in [0.25, 0.3) is 0 Å². The van der Waals surface area contributed by atoms with Crippen LogP contribution in [0.4, 0.5) is 0 Å². The molecular formula is C14H20N4. The summed E-state index contributed by atoms with van der Waals surface area (Å²) in [6, 6.07) is 6.66. The highest BCUT2D eigenvalue weighted by Gasteiger charge is 2.16. The SMILES string of the molecule is CCCNC(c1cc(C)cc(C)c1)c1ncn[nH]1. The first kappa shape index (κ1) is 12.8. The predicted molar refractivity (Wildman–Crippen MR) is 72.4 cm³/mol. The maximum Gasteiger partial charge on any atom is 0.145 e. The maximum absolute atomic E-state index is 4.28. The third-order valence-corrected chi connectivity index (χ3v) is 2.88. The highest BCUT2D eigenvalue weighted by molar-refractivity contribution is 5.33. The maximum atomic E-state index is 4.28. The van der Waals surface area contributed by atoms with Crippen molar-refractivity contribution in [3.63, 3.8) is 0 Å². The van der Waals surface area contributed by atoms with Crippen molar-refractivity contribution < 1.29 is 0 Å². The van der Waals surface area contributed by atoms with E-state index in [2.05, 4.69) is 59.5 Å². The molecule has 0 saturated heterocycles. The Morgan fingerprint density at radius 2 is 1.94 bits per heavy atom. The average Bonchev–Trinajstić information content (AvgIpc) is 2.82. The van der Waals surface area contributed by atoms with Crippen LogP contribution in [0.5, 0.6) is 0 Å². The number of nitrogens with zero attached hydrogens (tertiary/aromatic N) is 2. The molecule has 0 aliphatic heterocycles. The number of rotatable bonds is 5. The summed E-state index contributed by atoms with van der Waals surface area (Å²) in [4.78, 5) is 4.28. The molecule has 0 amide bonds. The molecule has 0 bridgehead atoms. The van der Waals surface area contributed by atoms with Gasteiger partial charge in [0.2, 0.25) is 0 Å². The lowest BCUT2D eigenvalue weighted by Crippen LogP contribution is -2.24. The summed E-state index contributed by atoms with van der Waals surface area (Å²) in [5.74, 6) is 0.869. The first-order chi connectivity index (χ1) is 8.70. The summed E-state index contributed by atoms with van der Waals surface area (Å²) in [5, 5.41) is 10.4. The molecule has 4 heteroatoms. The Balaban J connectivity index is 2.33. The van der Waals surface area contributed by atoms with E-state index >= 15 is 0 Å². The van der Waals surface area contributed by atoms with Gasteiger partial charge in [-0.2, -0.15) is 5.10 Å². The molecule has 96 valence electrons. The van der Waals surface area contributed by atoms with Crippen LogP contribution in [-0.2, 0) is 0 Å². The number of aromatic amines is 1. The van der Waals surface area contributed by atoms with Crippen molar-refractivity contribution in [1.29, 1.82) is 0 Å². The number of aryl methyl sites for hydroxylation is 2. The second kappa shape index (κ2) is 5.78. The molecule has 0 radical (unpaired) electrons. The van der Waals surface area contributed by atoms with Gasteiger partial charge in [-0.15, -0.1) is 0 Å². The predicted octanol–water partition coefficient (Wildman–Crippen LogP) is 2.51. The van der Waals surface area contributed by atoms with Crippen LogP contribution < -0.4 is 5.32 Å². The van der Waals surface area contributed by atoms with Crippen molar-refractivity contribution in [1.82, 2.24) is 20.5 Å². The highest BCUT2D eigenvalue weighted by atomic mass is 15.2. The number of hydrogen-bond donors (Lipinski definition) is 2. The van der Waals surface area contributed by atoms with Crippen molar-refractivity contribution in [2.75, 3.05) is 6.54 Å². The fourth-order valence-electron chi connectivity index (χ4n) is 2.19. The molecule has 1 heterocycles. The average molecular weight is 244 g/mol. The van der Waals surface area contributed by atoms with Crippen molar-refractivity contribution in [3.8, 4) is 0 Å². The molecule has 1 aromatic heterocycles. The van der Waals surface area contributed by atoms with Crippen molar-refractivity contribution >= 4 is 0 Å². The Morgan fingerprint density at radius 1 is 1.22 bits per heavy atom. The van der Waals surface area contributed by atoms with E-state index in [9.17, 15) is 0 Å². The number of aromatic nitrogens is 3. The van der Waals surface area contributed by atoms with E-state index in [1.165, 1.54) is 16.7 Å². The molecular weight excluding hydrogens is 224 g/mol. The fraction of sp³-hybridized carbons (Fsp3) is 0.429. The molecule has 0 saturated carbocycles. The Morgan fingerprint density at radius 3 is 2.50 bits per heavy atom. The smallest absolute Gasteiger partial charge is 0.145 e. The zero-order chi connectivity index (χ0) is 13.0. The second-order valence-electron chi connectivity index (χ2n) is 4.68. The van der Waals surface area contributed by atoms with E-state index in [1.54, 1.807) is 6.33 Å². The summed E-state index contributed by atoms with van der Waals surface area (Å²) in [7, 11) is 0. The van der Waals surface area contributed by atoms with Crippen molar-refractivity contribution in [2.45, 2.75) is 33.2 Å². The van der Waals surface area contributed by atoms with Crippen LogP contribution in [0.3, 0.4) is 0 Å². The van der Waals surface area contributed by atoms with Gasteiger partial charge in [-0.1, -0.05) is 36.2 Å². The number of nitrogens with one attached hydrogen (secondary N) is 2. The van der Waals surface area contributed by atoms with E-state index in [0.717, 1.165) is 18.8 Å². The Bertz CT molecular complexity index is 470. The second-order valence-corrected chi connectivity index (χ2v) is 4.68. The van der Waals surface area contributed by atoms with Crippen LogP contribution >= 0.6 is 0 Å². The largest absolute Gasteiger partial charge is 0.304 e. The number of benzene rings is 1. The van der Waals surface area contributed by atoms with Gasteiger partial charge in [0.1, 0.15) is 12.2 Å². The summed E-state index contributed by atoms with van der Waals surface area (Å²) in [5.41, 5.74) is 3.78. The minimum Gasteiger partial charge on any atom is -0.304 e. The molecule has 1 unspecified atom stereocenters. The van der Waals surface area contributed by atoms with Crippen LogP contribution in [0.2, 0.25) is 0 Å². The van der Waals surface area contributed by atoms with Gasteiger partial charge in [-0.05, 0) is 32.4 Å². The van der Waals surface area contributed by atoms with E-state index in [1.807, 2.05) is 0 Å². The first-order valence-corrected chi connectivity index (χ1v) is 6.37. The first-order valence-electron chi connectivity index (χ1n) is 6.37. The molecule has 4 nitrogen and oxygen atoms in total. The van der Waals surface area contributed by atoms with Gasteiger partial charge in [-0.25, -0.2) is 4.98 Å². The molecule has 0 aliphatic rings. The quantitative estimate of drug-likeness (QED) is 0.849. The number of H-pyrrole nitrogens is 1. The zero-order valence-electron chi connectivity index (χ0n) is 11.2. The van der Waals surface area contributed by atoms with Crippen LogP contribution in [0.25, 0.3) is 0 Å². The normalized spacial score (nSPS) is 12.6. The fourth-order valence-corrected chi connectivity index (χ4v) is 2.19. The van der Waals surface area contributed by atoms with Crippen LogP contribution in [0.1, 0.15) is 41.9 Å². The van der Waals surface area contributed by atoms with Crippen molar-refractivity contribution in [3.05, 3.63) is 47.0 Å². The van der Waals surface area contributed by atoms with Gasteiger partial charge in [0.15, 0.2) is 0 Å². The molecule has 1 aromatic carbocycles. The monoisotopic (exact) mass is 244 g/mol. The van der Waals surface area contributed by atoms with Crippen molar-refractivity contribution in [2.24, 2.45) is 0 Å². The van der Waals surface area contributed by atoms with E-state index in [4.69, 9.17) is 0 Å². The van der Waals surface area contributed by atoms with E-state index < -0.39 is 0 Å². The Labute approximate surface area is 108 Å². The Hall–Kier alpha value is -1.68. The van der Waals surface area contributed by atoms with E-state index in [0.29, 0.717) is 0 Å². The third kappa shape index (κ3) is 2.96. The molecule has 0 spiro atoms. The lowest BCUT2D eigenvalue weighted by Gasteiger charge is -2.17. The molecule has 1 atom stereocenters. The minimum absolute atomic E-state index is 0.0889. The Kier molecular flexibility index (Phi) is 4.10. The molecule has 0 aliphatic carbocycles. The van der Waals surface area contributed by atoms with Crippen LogP contribution in [0.15, 0.2) is 24.5 Å². The summed E-state index contributed by atoms with van der Waals surface area (Å²) < 4.78 is 0. The van der Waals surface area contributed by atoms with Crippen LogP contribution in [-0.4, -0.2) is 21.7 Å². The number of hydrogen-bond acceptors (Lipinski definition) is 3. The van der Waals surface area contributed by atoms with Gasteiger partial charge in [0.05, 0.1) is 6.04 Å². The molecule has 2 N–H and O–H groups in total. The topological polar surface area (TPSA) is 53.6 Å². The zero-order valence-corrected chi connectivity index (χ0v) is 11.2. The highest BCUT2D eigenvalue weighted by Crippen LogP contribution is 2.21. The molecule has 18 heavy (non-hydrogen) atoms. The standard InChI is InChI=1S/C14H20N4/c1-4-5-15-13(14-16-9-17-18-14)12-7-10(2)6-11(3)8-12/h6-9,13,15H,4-5H2,1-3H3,(H,16,17,18). The molecule has 2 aromatic rings. The summed E-state index contributed by atoms with van der Waals surface area (Å²) >= 11 is 0. The van der Waals surface area contributed by atoms with Gasteiger partial charge in [0, 0.05) is 0 Å². The van der Waals surface area contributed by atoms with Crippen LogP contribution in [0, 0.1) is 13.8 Å². The lowest BCUT2D eigenvalue weighted by molar-refractivity contribution is 0.573. The third-order valence-electron chi connectivity index (χ3n) is 2.88. The van der Waals surface area contributed by atoms with E-state index in [-0.39, 0.29) is 6.04 Å². The molecule has 0 fully saturated rings. The summed E-state index contributed by atoms with van der Waals surface area (Å²) in [6.07, 6.45) is 2.65. The lowest BCUT2D eigenvalue weighted by atomic mass is 10.0.